The first-order valence-corrected chi connectivity index (χ1v) is 9.23. The molecule has 0 fully saturated rings. The van der Waals surface area contributed by atoms with Crippen molar-refractivity contribution < 1.29 is 14.3 Å². The Morgan fingerprint density at radius 1 is 1.33 bits per heavy atom. The van der Waals surface area contributed by atoms with E-state index in [1.165, 1.54) is 0 Å². The number of ketones is 1. The molecule has 0 radical (unpaired) electrons. The molecule has 1 aromatic rings. The number of hydrogen-bond acceptors (Lipinski definition) is 5. The van der Waals surface area contributed by atoms with Gasteiger partial charge < -0.3 is 15.4 Å². The van der Waals surface area contributed by atoms with Gasteiger partial charge in [-0.2, -0.15) is 5.26 Å². The third kappa shape index (κ3) is 2.11. The summed E-state index contributed by atoms with van der Waals surface area (Å²) >= 11 is 0. The molecule has 27 heavy (non-hydrogen) atoms. The first kappa shape index (κ1) is 17.3. The van der Waals surface area contributed by atoms with Crippen LogP contribution in [0, 0.1) is 17.2 Å². The number of amides is 1. The van der Waals surface area contributed by atoms with Crippen molar-refractivity contribution >= 4 is 17.4 Å². The molecule has 6 heteroatoms. The molecule has 1 aliphatic carbocycles. The maximum absolute atomic E-state index is 13.8. The van der Waals surface area contributed by atoms with Gasteiger partial charge in [0.1, 0.15) is 22.8 Å². The molecule has 1 amide bonds. The molecular weight excluding hydrogens is 342 g/mol. The van der Waals surface area contributed by atoms with Crippen molar-refractivity contribution in [2.75, 3.05) is 11.4 Å². The molecule has 4 rings (SSSR count). The highest BCUT2D eigenvalue weighted by Crippen LogP contribution is 2.55. The standard InChI is InChI=1S/C21H21N3O3/c1-3-8-24-15-7-5-4-6-13(15)21(20(24)26)14(11-22)19(23)27-17-10-12(2)9-16(25)18(17)21/h4-7,12H,3,8-10,23H2,1-2H3/t12-,21+/m0/s1. The van der Waals surface area contributed by atoms with Gasteiger partial charge in [0, 0.05) is 30.6 Å². The molecule has 3 aliphatic rings. The maximum Gasteiger partial charge on any atom is 0.247 e. The predicted molar refractivity (Wildman–Crippen MR) is 99.1 cm³/mol. The topological polar surface area (TPSA) is 96.4 Å². The fraction of sp³-hybridized carbons (Fsp3) is 0.381. The lowest BCUT2D eigenvalue weighted by molar-refractivity contribution is -0.125. The third-order valence-electron chi connectivity index (χ3n) is 5.58. The van der Waals surface area contributed by atoms with Crippen molar-refractivity contribution in [3.63, 3.8) is 0 Å². The lowest BCUT2D eigenvalue weighted by Gasteiger charge is -2.38. The van der Waals surface area contributed by atoms with Crippen LogP contribution in [0.5, 0.6) is 0 Å². The summed E-state index contributed by atoms with van der Waals surface area (Å²) in [6.45, 7) is 4.45. The van der Waals surface area contributed by atoms with E-state index in [1.54, 1.807) is 4.90 Å². The zero-order valence-electron chi connectivity index (χ0n) is 15.4. The number of rotatable bonds is 2. The highest BCUT2D eigenvalue weighted by Gasteiger charge is 2.62. The van der Waals surface area contributed by atoms with E-state index < -0.39 is 5.41 Å². The Kier molecular flexibility index (Phi) is 3.84. The number of nitrogens with two attached hydrogens (primary N) is 1. The molecule has 0 bridgehead atoms. The number of para-hydroxylation sites is 1. The van der Waals surface area contributed by atoms with Gasteiger partial charge in [-0.3, -0.25) is 9.59 Å². The summed E-state index contributed by atoms with van der Waals surface area (Å²) in [6.07, 6.45) is 1.60. The normalized spacial score (nSPS) is 26.9. The van der Waals surface area contributed by atoms with Gasteiger partial charge in [-0.05, 0) is 18.4 Å². The number of carbonyl (C=O) groups is 2. The fourth-order valence-electron chi connectivity index (χ4n) is 4.59. The molecule has 1 spiro atoms. The molecule has 2 N–H and O–H groups in total. The highest BCUT2D eigenvalue weighted by molar-refractivity contribution is 6.20. The number of anilines is 1. The summed E-state index contributed by atoms with van der Waals surface area (Å²) in [7, 11) is 0. The van der Waals surface area contributed by atoms with Crippen molar-refractivity contribution in [2.45, 2.75) is 38.5 Å². The highest BCUT2D eigenvalue weighted by atomic mass is 16.5. The largest absolute Gasteiger partial charge is 0.444 e. The van der Waals surface area contributed by atoms with E-state index in [1.807, 2.05) is 38.1 Å². The fourth-order valence-corrected chi connectivity index (χ4v) is 4.59. The Morgan fingerprint density at radius 3 is 2.78 bits per heavy atom. The average molecular weight is 363 g/mol. The number of allylic oxidation sites excluding steroid dienone is 1. The number of hydrogen-bond donors (Lipinski definition) is 1. The summed E-state index contributed by atoms with van der Waals surface area (Å²) in [5, 5.41) is 9.90. The number of carbonyl (C=O) groups excluding carboxylic acids is 2. The zero-order chi connectivity index (χ0) is 19.3. The van der Waals surface area contributed by atoms with Crippen LogP contribution in [-0.2, 0) is 19.7 Å². The van der Waals surface area contributed by atoms with Gasteiger partial charge in [0.2, 0.25) is 11.8 Å². The SMILES string of the molecule is CCCN1C(=O)[C@@]2(C(C#N)=C(N)OC3=C2C(=O)C[C@H](C)C3)c2ccccc21. The Hall–Kier alpha value is -3.07. The molecular formula is C21H21N3O3. The van der Waals surface area contributed by atoms with Gasteiger partial charge in [0.25, 0.3) is 0 Å². The second kappa shape index (κ2) is 5.98. The Balaban J connectivity index is 2.09. The van der Waals surface area contributed by atoms with Gasteiger partial charge in [-0.15, -0.1) is 0 Å². The van der Waals surface area contributed by atoms with Crippen LogP contribution in [0.15, 0.2) is 47.1 Å². The van der Waals surface area contributed by atoms with Gasteiger partial charge in [-0.25, -0.2) is 0 Å². The molecule has 0 aromatic heterocycles. The van der Waals surface area contributed by atoms with E-state index in [0.717, 1.165) is 12.1 Å². The van der Waals surface area contributed by atoms with Crippen molar-refractivity contribution in [1.29, 1.82) is 5.26 Å². The molecule has 2 heterocycles. The Labute approximate surface area is 157 Å². The number of nitrogens with zero attached hydrogens (tertiary/aromatic N) is 2. The van der Waals surface area contributed by atoms with Crippen LogP contribution >= 0.6 is 0 Å². The summed E-state index contributed by atoms with van der Waals surface area (Å²) in [4.78, 5) is 28.5. The second-order valence-electron chi connectivity index (χ2n) is 7.41. The second-order valence-corrected chi connectivity index (χ2v) is 7.41. The van der Waals surface area contributed by atoms with Crippen molar-refractivity contribution in [3.8, 4) is 6.07 Å². The smallest absolute Gasteiger partial charge is 0.247 e. The molecule has 6 nitrogen and oxygen atoms in total. The lowest BCUT2D eigenvalue weighted by Crippen LogP contribution is -2.49. The third-order valence-corrected chi connectivity index (χ3v) is 5.58. The van der Waals surface area contributed by atoms with Crippen LogP contribution < -0.4 is 10.6 Å². The zero-order valence-corrected chi connectivity index (χ0v) is 15.4. The summed E-state index contributed by atoms with van der Waals surface area (Å²) in [6, 6.07) is 9.42. The molecule has 138 valence electrons. The number of fused-ring (bicyclic) bond motifs is 3. The van der Waals surface area contributed by atoms with E-state index >= 15 is 0 Å². The molecule has 1 aromatic carbocycles. The minimum absolute atomic E-state index is 0.0141. The molecule has 0 saturated heterocycles. The van der Waals surface area contributed by atoms with Crippen LogP contribution in [0.3, 0.4) is 0 Å². The van der Waals surface area contributed by atoms with E-state index in [2.05, 4.69) is 6.07 Å². The molecule has 0 unspecified atom stereocenters. The van der Waals surface area contributed by atoms with Crippen LogP contribution in [0.1, 0.15) is 38.7 Å². The van der Waals surface area contributed by atoms with Crippen LogP contribution in [0.2, 0.25) is 0 Å². The number of ether oxygens (including phenoxy) is 1. The van der Waals surface area contributed by atoms with E-state index in [0.29, 0.717) is 36.3 Å². The molecule has 0 saturated carbocycles. The van der Waals surface area contributed by atoms with Crippen molar-refractivity contribution in [2.24, 2.45) is 11.7 Å². The lowest BCUT2D eigenvalue weighted by atomic mass is 9.64. The number of nitriles is 1. The monoisotopic (exact) mass is 363 g/mol. The quantitative estimate of drug-likeness (QED) is 0.871. The average Bonchev–Trinajstić information content (AvgIpc) is 2.85. The summed E-state index contributed by atoms with van der Waals surface area (Å²) in [5.74, 6) is 0.00823. The molecule has 2 atom stereocenters. The van der Waals surface area contributed by atoms with Crippen molar-refractivity contribution in [3.05, 3.63) is 52.6 Å². The van der Waals surface area contributed by atoms with Gasteiger partial charge in [0.05, 0.1) is 5.57 Å². The predicted octanol–water partition coefficient (Wildman–Crippen LogP) is 2.66. The number of Topliss-reactive ketones (excluding diaryl/α,β-unsaturated/α-hetero) is 1. The first-order chi connectivity index (χ1) is 13.0. The van der Waals surface area contributed by atoms with Gasteiger partial charge in [-0.1, -0.05) is 32.0 Å². The minimum atomic E-state index is -1.49. The van der Waals surface area contributed by atoms with E-state index in [9.17, 15) is 14.9 Å². The number of benzene rings is 1. The van der Waals surface area contributed by atoms with Gasteiger partial charge >= 0.3 is 0 Å². The van der Waals surface area contributed by atoms with Crippen LogP contribution in [-0.4, -0.2) is 18.2 Å². The van der Waals surface area contributed by atoms with Gasteiger partial charge in [0.15, 0.2) is 5.78 Å². The van der Waals surface area contributed by atoms with E-state index in [4.69, 9.17) is 10.5 Å². The summed E-state index contributed by atoms with van der Waals surface area (Å²) < 4.78 is 5.70. The summed E-state index contributed by atoms with van der Waals surface area (Å²) in [5.41, 5.74) is 6.28. The van der Waals surface area contributed by atoms with Crippen molar-refractivity contribution in [1.82, 2.24) is 0 Å². The Morgan fingerprint density at radius 2 is 2.07 bits per heavy atom. The Bertz CT molecular complexity index is 969. The maximum atomic E-state index is 13.8. The van der Waals surface area contributed by atoms with E-state index in [-0.39, 0.29) is 29.1 Å². The first-order valence-electron chi connectivity index (χ1n) is 9.23. The van der Waals surface area contributed by atoms with Crippen LogP contribution in [0.4, 0.5) is 5.69 Å². The van der Waals surface area contributed by atoms with Crippen LogP contribution in [0.25, 0.3) is 0 Å². The minimum Gasteiger partial charge on any atom is -0.444 e. The molecule has 2 aliphatic heterocycles.